The van der Waals surface area contributed by atoms with E-state index in [0.29, 0.717) is 13.0 Å². The number of ether oxygens (including phenoxy) is 1. The van der Waals surface area contributed by atoms with E-state index < -0.39 is 11.7 Å². The number of amides is 1. The lowest BCUT2D eigenvalue weighted by atomic mass is 10.2. The Hall–Kier alpha value is -1.82. The zero-order valence-corrected chi connectivity index (χ0v) is 15.5. The summed E-state index contributed by atoms with van der Waals surface area (Å²) < 4.78 is 8.28. The number of nitrogens with one attached hydrogen (secondary N) is 1. The Morgan fingerprint density at radius 2 is 2.13 bits per heavy atom. The van der Waals surface area contributed by atoms with Gasteiger partial charge in [0.2, 0.25) is 0 Å². The molecule has 0 aliphatic heterocycles. The Morgan fingerprint density at radius 3 is 2.83 bits per heavy atom. The number of carbonyl (C=O) groups is 1. The third-order valence-corrected chi connectivity index (χ3v) is 3.69. The predicted molar refractivity (Wildman–Crippen MR) is 93.9 cm³/mol. The highest BCUT2D eigenvalue weighted by atomic mass is 79.9. The third-order valence-electron chi connectivity index (χ3n) is 3.20. The second-order valence-electron chi connectivity index (χ2n) is 6.36. The van der Waals surface area contributed by atoms with E-state index in [2.05, 4.69) is 45.3 Å². The summed E-state index contributed by atoms with van der Waals surface area (Å²) in [7, 11) is 0. The summed E-state index contributed by atoms with van der Waals surface area (Å²) in [5.41, 5.74) is 2.78. The maximum atomic E-state index is 11.7. The molecule has 6 heteroatoms. The van der Waals surface area contributed by atoms with E-state index >= 15 is 0 Å². The molecule has 2 aromatic rings. The minimum Gasteiger partial charge on any atom is -0.444 e. The molecule has 1 aromatic carbocycles. The fourth-order valence-corrected chi connectivity index (χ4v) is 2.52. The number of halogens is 1. The second-order valence-corrected chi connectivity index (χ2v) is 7.28. The van der Waals surface area contributed by atoms with Gasteiger partial charge in [-0.1, -0.05) is 22.0 Å². The zero-order valence-electron chi connectivity index (χ0n) is 13.9. The van der Waals surface area contributed by atoms with Gasteiger partial charge < -0.3 is 14.6 Å². The molecule has 0 saturated carbocycles. The minimum absolute atomic E-state index is 0.401. The van der Waals surface area contributed by atoms with Gasteiger partial charge in [-0.05, 0) is 45.4 Å². The summed E-state index contributed by atoms with van der Waals surface area (Å²) in [6.45, 7) is 8.09. The van der Waals surface area contributed by atoms with Crippen molar-refractivity contribution in [1.29, 1.82) is 0 Å². The Kier molecular flexibility index (Phi) is 5.46. The molecule has 0 aliphatic carbocycles. The van der Waals surface area contributed by atoms with Crippen LogP contribution in [0.4, 0.5) is 4.79 Å². The van der Waals surface area contributed by atoms with Gasteiger partial charge in [0.15, 0.2) is 0 Å². The fraction of sp³-hybridized carbons (Fsp3) is 0.412. The quantitative estimate of drug-likeness (QED) is 0.872. The minimum atomic E-state index is -0.487. The maximum absolute atomic E-state index is 11.7. The summed E-state index contributed by atoms with van der Waals surface area (Å²) in [6.07, 6.45) is 3.88. The fourth-order valence-electron chi connectivity index (χ4n) is 2.17. The first kappa shape index (κ1) is 17.5. The number of aryl methyl sites for hydroxylation is 1. The van der Waals surface area contributed by atoms with E-state index in [1.807, 2.05) is 37.6 Å². The third kappa shape index (κ3) is 5.10. The summed E-state index contributed by atoms with van der Waals surface area (Å²) in [6, 6.07) is 6.13. The van der Waals surface area contributed by atoms with E-state index in [4.69, 9.17) is 4.74 Å². The monoisotopic (exact) mass is 379 g/mol. The molecule has 0 saturated heterocycles. The van der Waals surface area contributed by atoms with E-state index in [9.17, 15) is 4.79 Å². The van der Waals surface area contributed by atoms with Crippen molar-refractivity contribution in [1.82, 2.24) is 14.9 Å². The average molecular weight is 380 g/mol. The molecule has 0 spiro atoms. The van der Waals surface area contributed by atoms with Crippen LogP contribution in [0, 0.1) is 6.92 Å². The number of aromatic nitrogens is 2. The van der Waals surface area contributed by atoms with Crippen molar-refractivity contribution in [2.45, 2.75) is 39.7 Å². The number of rotatable bonds is 4. The van der Waals surface area contributed by atoms with Gasteiger partial charge in [-0.25, -0.2) is 9.78 Å². The van der Waals surface area contributed by atoms with Gasteiger partial charge in [0.1, 0.15) is 5.60 Å². The number of hydrogen-bond acceptors (Lipinski definition) is 3. The van der Waals surface area contributed by atoms with Crippen LogP contribution in [0.25, 0.3) is 5.69 Å². The van der Waals surface area contributed by atoms with E-state index in [1.54, 1.807) is 6.33 Å². The van der Waals surface area contributed by atoms with Crippen LogP contribution < -0.4 is 5.32 Å². The molecule has 2 rings (SSSR count). The molecule has 0 bridgehead atoms. The number of carbonyl (C=O) groups excluding carboxylic acids is 1. The molecule has 1 heterocycles. The van der Waals surface area contributed by atoms with E-state index in [-0.39, 0.29) is 0 Å². The Balaban J connectivity index is 2.02. The van der Waals surface area contributed by atoms with Gasteiger partial charge in [0.05, 0.1) is 12.0 Å². The normalized spacial score (nSPS) is 11.3. The first-order valence-corrected chi connectivity index (χ1v) is 8.30. The zero-order chi connectivity index (χ0) is 17.0. The number of alkyl carbamates (subject to hydrolysis) is 1. The second kappa shape index (κ2) is 7.17. The molecular formula is C17H22BrN3O2. The lowest BCUT2D eigenvalue weighted by molar-refractivity contribution is 0.0528. The van der Waals surface area contributed by atoms with Crippen molar-refractivity contribution >= 4 is 22.0 Å². The molecule has 0 radical (unpaired) electrons. The van der Waals surface area contributed by atoms with Crippen LogP contribution in [0.3, 0.4) is 0 Å². The van der Waals surface area contributed by atoms with Crippen LogP contribution in [-0.4, -0.2) is 27.8 Å². The molecule has 1 N–H and O–H groups in total. The van der Waals surface area contributed by atoms with Crippen LogP contribution in [-0.2, 0) is 11.2 Å². The summed E-state index contributed by atoms with van der Waals surface area (Å²) in [4.78, 5) is 15.9. The van der Waals surface area contributed by atoms with Crippen molar-refractivity contribution in [3.8, 4) is 5.69 Å². The molecule has 0 atom stereocenters. The van der Waals surface area contributed by atoms with E-state index in [1.165, 1.54) is 0 Å². The summed E-state index contributed by atoms with van der Waals surface area (Å²) in [5, 5.41) is 2.77. The van der Waals surface area contributed by atoms with Crippen LogP contribution in [0.15, 0.2) is 35.2 Å². The van der Waals surface area contributed by atoms with Crippen molar-refractivity contribution in [2.24, 2.45) is 0 Å². The molecule has 0 aliphatic rings. The molecule has 0 fully saturated rings. The van der Waals surface area contributed by atoms with Gasteiger partial charge in [-0.2, -0.15) is 0 Å². The highest BCUT2D eigenvalue weighted by Gasteiger charge is 2.16. The van der Waals surface area contributed by atoms with Gasteiger partial charge in [0.25, 0.3) is 0 Å². The highest BCUT2D eigenvalue weighted by molar-refractivity contribution is 9.10. The van der Waals surface area contributed by atoms with E-state index in [0.717, 1.165) is 21.4 Å². The number of imidazole rings is 1. The molecule has 23 heavy (non-hydrogen) atoms. The summed E-state index contributed by atoms with van der Waals surface area (Å²) >= 11 is 3.50. The van der Waals surface area contributed by atoms with Gasteiger partial charge >= 0.3 is 6.09 Å². The van der Waals surface area contributed by atoms with Gasteiger partial charge in [-0.15, -0.1) is 0 Å². The van der Waals surface area contributed by atoms with Crippen molar-refractivity contribution in [3.63, 3.8) is 0 Å². The van der Waals surface area contributed by atoms with Crippen LogP contribution in [0.2, 0.25) is 0 Å². The van der Waals surface area contributed by atoms with Crippen LogP contribution in [0.1, 0.15) is 32.0 Å². The first-order chi connectivity index (χ1) is 10.8. The topological polar surface area (TPSA) is 56.2 Å². The Morgan fingerprint density at radius 1 is 1.39 bits per heavy atom. The largest absolute Gasteiger partial charge is 0.444 e. The first-order valence-electron chi connectivity index (χ1n) is 7.51. The smallest absolute Gasteiger partial charge is 0.407 e. The standard InChI is InChI=1S/C17H22BrN3O2/c1-12-5-6-13(18)9-15(12)21-11-19-10-14(21)7-8-20-16(22)23-17(2,3)4/h5-6,9-11H,7-8H2,1-4H3,(H,20,22). The van der Waals surface area contributed by atoms with Gasteiger partial charge in [0, 0.05) is 29.3 Å². The van der Waals surface area contributed by atoms with Crippen LogP contribution in [0.5, 0.6) is 0 Å². The number of benzene rings is 1. The SMILES string of the molecule is Cc1ccc(Br)cc1-n1cncc1CCNC(=O)OC(C)(C)C. The predicted octanol–water partition coefficient (Wildman–Crippen LogP) is 4.01. The number of hydrogen-bond donors (Lipinski definition) is 1. The van der Waals surface area contributed by atoms with Crippen molar-refractivity contribution in [2.75, 3.05) is 6.54 Å². The molecule has 124 valence electrons. The average Bonchev–Trinajstić information content (AvgIpc) is 2.88. The molecule has 5 nitrogen and oxygen atoms in total. The van der Waals surface area contributed by atoms with Crippen molar-refractivity contribution < 1.29 is 9.53 Å². The Bertz CT molecular complexity index is 689. The molecule has 1 aromatic heterocycles. The Labute approximate surface area is 145 Å². The highest BCUT2D eigenvalue weighted by Crippen LogP contribution is 2.21. The number of nitrogens with zero attached hydrogens (tertiary/aromatic N) is 2. The van der Waals surface area contributed by atoms with Gasteiger partial charge in [-0.3, -0.25) is 0 Å². The molecule has 0 unspecified atom stereocenters. The molecule has 1 amide bonds. The lowest BCUT2D eigenvalue weighted by Gasteiger charge is -2.19. The molecular weight excluding hydrogens is 358 g/mol. The lowest BCUT2D eigenvalue weighted by Crippen LogP contribution is -2.33. The maximum Gasteiger partial charge on any atom is 0.407 e. The van der Waals surface area contributed by atoms with Crippen molar-refractivity contribution in [3.05, 3.63) is 46.5 Å². The van der Waals surface area contributed by atoms with Crippen LogP contribution >= 0.6 is 15.9 Å². The summed E-state index contributed by atoms with van der Waals surface area (Å²) in [5.74, 6) is 0.